The van der Waals surface area contributed by atoms with Gasteiger partial charge in [0.2, 0.25) is 0 Å². The molecule has 4 atom stereocenters. The van der Waals surface area contributed by atoms with Gasteiger partial charge in [0, 0.05) is 18.7 Å². The minimum absolute atomic E-state index is 0.146. The minimum atomic E-state index is -0.998. The molecule has 0 saturated carbocycles. The van der Waals surface area contributed by atoms with Crippen LogP contribution in [0.15, 0.2) is 42.1 Å². The van der Waals surface area contributed by atoms with Crippen LogP contribution in [0.2, 0.25) is 0 Å². The SMILES string of the molecule is CO[C@@H]1O[C@@H]2CO[C@@H](c3ccccc3)O[C@H]2C=C1[N+](=O)[O-]. The molecule has 0 aromatic heterocycles. The standard InChI is InChI=1S/C14H15NO6/c1-18-14-10(15(16)17)7-11-12(21-14)8-19-13(20-11)9-5-3-2-4-6-9/h2-7,11-14H,8H2,1H3/t11-,12+,13+,14+/m0/s1. The summed E-state index contributed by atoms with van der Waals surface area (Å²) in [6, 6.07) is 9.41. The normalized spacial score (nSPS) is 32.1. The summed E-state index contributed by atoms with van der Waals surface area (Å²) in [6.45, 7) is 0.283. The zero-order chi connectivity index (χ0) is 14.8. The van der Waals surface area contributed by atoms with E-state index < -0.39 is 29.7 Å². The Labute approximate surface area is 121 Å². The Morgan fingerprint density at radius 1 is 1.29 bits per heavy atom. The van der Waals surface area contributed by atoms with Crippen LogP contribution in [0.5, 0.6) is 0 Å². The molecule has 7 nitrogen and oxygen atoms in total. The molecule has 7 heteroatoms. The second kappa shape index (κ2) is 5.90. The minimum Gasteiger partial charge on any atom is -0.347 e. The molecular formula is C14H15NO6. The topological polar surface area (TPSA) is 80.1 Å². The van der Waals surface area contributed by atoms with Gasteiger partial charge in [-0.2, -0.15) is 0 Å². The number of nitrogens with zero attached hydrogens (tertiary/aromatic N) is 1. The lowest BCUT2D eigenvalue weighted by molar-refractivity contribution is -0.458. The Balaban J connectivity index is 1.81. The lowest BCUT2D eigenvalue weighted by Crippen LogP contribution is -2.48. The van der Waals surface area contributed by atoms with E-state index in [1.54, 1.807) is 0 Å². The molecule has 1 aromatic carbocycles. The number of hydrogen-bond donors (Lipinski definition) is 0. The molecule has 1 saturated heterocycles. The van der Waals surface area contributed by atoms with E-state index in [-0.39, 0.29) is 12.3 Å². The van der Waals surface area contributed by atoms with Crippen molar-refractivity contribution in [2.45, 2.75) is 24.8 Å². The molecule has 1 aromatic rings. The highest BCUT2D eigenvalue weighted by atomic mass is 16.7. The molecule has 1 fully saturated rings. The van der Waals surface area contributed by atoms with Crippen LogP contribution < -0.4 is 0 Å². The van der Waals surface area contributed by atoms with Crippen LogP contribution in [0.3, 0.4) is 0 Å². The van der Waals surface area contributed by atoms with Crippen LogP contribution >= 0.6 is 0 Å². The molecule has 0 bridgehead atoms. The van der Waals surface area contributed by atoms with Crippen molar-refractivity contribution in [3.05, 3.63) is 57.8 Å². The van der Waals surface area contributed by atoms with Gasteiger partial charge >= 0.3 is 5.70 Å². The lowest BCUT2D eigenvalue weighted by atomic mass is 10.1. The highest BCUT2D eigenvalue weighted by Gasteiger charge is 2.43. The highest BCUT2D eigenvalue weighted by Crippen LogP contribution is 2.32. The van der Waals surface area contributed by atoms with E-state index in [4.69, 9.17) is 18.9 Å². The first-order chi connectivity index (χ1) is 10.2. The molecule has 2 aliphatic rings. The molecule has 0 unspecified atom stereocenters. The Bertz CT molecular complexity index is 546. The molecule has 2 aliphatic heterocycles. The molecule has 21 heavy (non-hydrogen) atoms. The zero-order valence-electron chi connectivity index (χ0n) is 11.4. The predicted molar refractivity (Wildman–Crippen MR) is 70.8 cm³/mol. The lowest BCUT2D eigenvalue weighted by Gasteiger charge is -2.38. The van der Waals surface area contributed by atoms with Crippen molar-refractivity contribution >= 4 is 0 Å². The number of hydrogen-bond acceptors (Lipinski definition) is 6. The molecule has 0 N–H and O–H groups in total. The predicted octanol–water partition coefficient (Wildman–Crippen LogP) is 1.63. The van der Waals surface area contributed by atoms with E-state index in [0.717, 1.165) is 5.56 Å². The fraction of sp³-hybridized carbons (Fsp3) is 0.429. The van der Waals surface area contributed by atoms with Crippen LogP contribution in [-0.4, -0.2) is 37.1 Å². The third kappa shape index (κ3) is 2.81. The number of ether oxygens (including phenoxy) is 4. The first kappa shape index (κ1) is 14.2. The van der Waals surface area contributed by atoms with Gasteiger partial charge < -0.3 is 18.9 Å². The largest absolute Gasteiger partial charge is 0.347 e. The summed E-state index contributed by atoms with van der Waals surface area (Å²) in [6.07, 6.45) is -1.06. The maximum absolute atomic E-state index is 11.0. The first-order valence-electron chi connectivity index (χ1n) is 6.55. The van der Waals surface area contributed by atoms with Gasteiger partial charge in [-0.05, 0) is 0 Å². The average Bonchev–Trinajstić information content (AvgIpc) is 2.53. The molecule has 112 valence electrons. The Hall–Kier alpha value is -1.80. The van der Waals surface area contributed by atoms with E-state index in [2.05, 4.69) is 0 Å². The van der Waals surface area contributed by atoms with E-state index in [1.807, 2.05) is 30.3 Å². The molecule has 3 rings (SSSR count). The summed E-state index contributed by atoms with van der Waals surface area (Å²) in [5.74, 6) is 0. The van der Waals surface area contributed by atoms with Gasteiger partial charge in [0.1, 0.15) is 12.2 Å². The monoisotopic (exact) mass is 293 g/mol. The number of fused-ring (bicyclic) bond motifs is 1. The second-order valence-electron chi connectivity index (χ2n) is 4.77. The fourth-order valence-corrected chi connectivity index (χ4v) is 2.39. The number of methoxy groups -OCH3 is 1. The van der Waals surface area contributed by atoms with Gasteiger partial charge in [-0.15, -0.1) is 0 Å². The van der Waals surface area contributed by atoms with Gasteiger partial charge in [-0.25, -0.2) is 0 Å². The van der Waals surface area contributed by atoms with Gasteiger partial charge in [-0.3, -0.25) is 10.1 Å². The Morgan fingerprint density at radius 3 is 2.71 bits per heavy atom. The highest BCUT2D eigenvalue weighted by molar-refractivity contribution is 5.17. The summed E-state index contributed by atoms with van der Waals surface area (Å²) in [5, 5.41) is 11.0. The maximum atomic E-state index is 11.0. The van der Waals surface area contributed by atoms with E-state index in [0.29, 0.717) is 0 Å². The molecule has 0 amide bonds. The van der Waals surface area contributed by atoms with Crippen LogP contribution in [0.4, 0.5) is 0 Å². The molecular weight excluding hydrogens is 278 g/mol. The van der Waals surface area contributed by atoms with Gasteiger partial charge in [0.05, 0.1) is 11.5 Å². The molecule has 2 heterocycles. The number of benzene rings is 1. The summed E-state index contributed by atoms with van der Waals surface area (Å²) < 4.78 is 21.9. The third-order valence-corrected chi connectivity index (χ3v) is 3.43. The Kier molecular flexibility index (Phi) is 3.98. The average molecular weight is 293 g/mol. The van der Waals surface area contributed by atoms with Crippen molar-refractivity contribution in [1.82, 2.24) is 0 Å². The summed E-state index contributed by atoms with van der Waals surface area (Å²) >= 11 is 0. The van der Waals surface area contributed by atoms with Crippen molar-refractivity contribution in [1.29, 1.82) is 0 Å². The van der Waals surface area contributed by atoms with Gasteiger partial charge in [0.25, 0.3) is 6.29 Å². The zero-order valence-corrected chi connectivity index (χ0v) is 11.4. The first-order valence-corrected chi connectivity index (χ1v) is 6.55. The van der Waals surface area contributed by atoms with Crippen LogP contribution in [0.1, 0.15) is 11.9 Å². The summed E-state index contributed by atoms with van der Waals surface area (Å²) in [5.41, 5.74) is 0.716. The van der Waals surface area contributed by atoms with Crippen molar-refractivity contribution in [3.8, 4) is 0 Å². The van der Waals surface area contributed by atoms with Crippen LogP contribution in [0.25, 0.3) is 0 Å². The molecule has 0 radical (unpaired) electrons. The van der Waals surface area contributed by atoms with Crippen LogP contribution in [-0.2, 0) is 18.9 Å². The molecule has 0 aliphatic carbocycles. The summed E-state index contributed by atoms with van der Waals surface area (Å²) in [4.78, 5) is 10.5. The second-order valence-corrected chi connectivity index (χ2v) is 4.77. The smallest absolute Gasteiger partial charge is 0.300 e. The van der Waals surface area contributed by atoms with Crippen molar-refractivity contribution in [3.63, 3.8) is 0 Å². The van der Waals surface area contributed by atoms with Gasteiger partial charge in [-0.1, -0.05) is 30.3 Å². The fourth-order valence-electron chi connectivity index (χ4n) is 2.39. The van der Waals surface area contributed by atoms with Crippen molar-refractivity contribution in [2.75, 3.05) is 13.7 Å². The summed E-state index contributed by atoms with van der Waals surface area (Å²) in [7, 11) is 1.36. The quantitative estimate of drug-likeness (QED) is 0.622. The maximum Gasteiger partial charge on any atom is 0.300 e. The van der Waals surface area contributed by atoms with Gasteiger partial charge in [0.15, 0.2) is 6.29 Å². The Morgan fingerprint density at radius 2 is 2.05 bits per heavy atom. The number of nitro groups is 1. The van der Waals surface area contributed by atoms with Crippen molar-refractivity contribution < 1.29 is 23.9 Å². The van der Waals surface area contributed by atoms with E-state index in [9.17, 15) is 10.1 Å². The number of rotatable bonds is 3. The van der Waals surface area contributed by atoms with Crippen LogP contribution in [0, 0.1) is 10.1 Å². The van der Waals surface area contributed by atoms with E-state index >= 15 is 0 Å². The van der Waals surface area contributed by atoms with Crippen molar-refractivity contribution in [2.24, 2.45) is 0 Å². The third-order valence-electron chi connectivity index (χ3n) is 3.43. The van der Waals surface area contributed by atoms with E-state index in [1.165, 1.54) is 13.2 Å². The molecule has 0 spiro atoms.